The smallest absolute Gasteiger partial charge is 0.255 e. The van der Waals surface area contributed by atoms with Crippen LogP contribution in [0, 0.1) is 0 Å². The molecule has 0 aliphatic rings. The van der Waals surface area contributed by atoms with E-state index in [1.807, 2.05) is 36.4 Å². The molecule has 0 aliphatic heterocycles. The lowest BCUT2D eigenvalue weighted by atomic mass is 10.1. The molecule has 0 heterocycles. The topological polar surface area (TPSA) is 49.6 Å². The van der Waals surface area contributed by atoms with Gasteiger partial charge in [0, 0.05) is 32.0 Å². The standard InChI is InChI=1S/C17H21N3O/c1-4-20(14-8-6-5-7-9-14)16-12-13(18)10-11-15(16)17(21)19(2)3/h5-12H,4,18H2,1-3H3. The summed E-state index contributed by atoms with van der Waals surface area (Å²) in [7, 11) is 3.50. The van der Waals surface area contributed by atoms with Gasteiger partial charge in [0.1, 0.15) is 0 Å². The lowest BCUT2D eigenvalue weighted by Crippen LogP contribution is -2.26. The highest BCUT2D eigenvalue weighted by molar-refractivity contribution is 6.01. The number of hydrogen-bond donors (Lipinski definition) is 1. The first kappa shape index (κ1) is 14.9. The second-order valence-electron chi connectivity index (χ2n) is 5.06. The zero-order chi connectivity index (χ0) is 15.4. The molecule has 0 unspecified atom stereocenters. The van der Waals surface area contributed by atoms with Crippen molar-refractivity contribution < 1.29 is 4.79 Å². The van der Waals surface area contributed by atoms with E-state index in [2.05, 4.69) is 11.8 Å². The summed E-state index contributed by atoms with van der Waals surface area (Å²) in [4.78, 5) is 16.1. The fourth-order valence-corrected chi connectivity index (χ4v) is 2.29. The molecule has 2 aromatic rings. The van der Waals surface area contributed by atoms with E-state index in [0.717, 1.165) is 17.9 Å². The van der Waals surface area contributed by atoms with Crippen LogP contribution >= 0.6 is 0 Å². The Balaban J connectivity index is 2.55. The van der Waals surface area contributed by atoms with Crippen LogP contribution in [0.15, 0.2) is 48.5 Å². The molecule has 0 fully saturated rings. The zero-order valence-electron chi connectivity index (χ0n) is 12.7. The van der Waals surface area contributed by atoms with Crippen molar-refractivity contribution in [3.63, 3.8) is 0 Å². The summed E-state index contributed by atoms with van der Waals surface area (Å²) in [6, 6.07) is 15.4. The Morgan fingerprint density at radius 3 is 2.33 bits per heavy atom. The second kappa shape index (κ2) is 6.31. The van der Waals surface area contributed by atoms with Gasteiger partial charge in [-0.15, -0.1) is 0 Å². The van der Waals surface area contributed by atoms with E-state index in [4.69, 9.17) is 5.73 Å². The van der Waals surface area contributed by atoms with Gasteiger partial charge in [0.05, 0.1) is 11.3 Å². The lowest BCUT2D eigenvalue weighted by molar-refractivity contribution is 0.0828. The number of nitrogens with zero attached hydrogens (tertiary/aromatic N) is 2. The first-order chi connectivity index (χ1) is 10.0. The van der Waals surface area contributed by atoms with Gasteiger partial charge in [-0.1, -0.05) is 18.2 Å². The van der Waals surface area contributed by atoms with Crippen molar-refractivity contribution in [1.29, 1.82) is 0 Å². The molecule has 2 N–H and O–H groups in total. The molecule has 1 amide bonds. The molecular formula is C17H21N3O. The first-order valence-corrected chi connectivity index (χ1v) is 6.98. The molecule has 2 rings (SSSR count). The molecule has 0 saturated carbocycles. The minimum Gasteiger partial charge on any atom is -0.399 e. The second-order valence-corrected chi connectivity index (χ2v) is 5.06. The van der Waals surface area contributed by atoms with Crippen LogP contribution in [0.25, 0.3) is 0 Å². The summed E-state index contributed by atoms with van der Waals surface area (Å²) in [5.74, 6) is -0.0284. The molecule has 0 aliphatic carbocycles. The van der Waals surface area contributed by atoms with Crippen LogP contribution in [-0.4, -0.2) is 31.4 Å². The maximum atomic E-state index is 12.4. The Morgan fingerprint density at radius 1 is 1.10 bits per heavy atom. The number of benzene rings is 2. The summed E-state index contributed by atoms with van der Waals surface area (Å²) >= 11 is 0. The summed E-state index contributed by atoms with van der Waals surface area (Å²) in [6.07, 6.45) is 0. The van der Waals surface area contributed by atoms with Crippen LogP contribution in [0.4, 0.5) is 17.1 Å². The molecule has 0 aromatic heterocycles. The number of para-hydroxylation sites is 1. The highest BCUT2D eigenvalue weighted by Crippen LogP contribution is 2.30. The number of anilines is 3. The van der Waals surface area contributed by atoms with Crippen molar-refractivity contribution >= 4 is 23.0 Å². The van der Waals surface area contributed by atoms with Gasteiger partial charge in [-0.3, -0.25) is 4.79 Å². The molecular weight excluding hydrogens is 262 g/mol. The maximum Gasteiger partial charge on any atom is 0.255 e. The van der Waals surface area contributed by atoms with E-state index < -0.39 is 0 Å². The number of carbonyl (C=O) groups excluding carboxylic acids is 1. The molecule has 0 bridgehead atoms. The third-order valence-electron chi connectivity index (χ3n) is 3.33. The van der Waals surface area contributed by atoms with E-state index in [1.54, 1.807) is 31.1 Å². The summed E-state index contributed by atoms with van der Waals surface area (Å²) in [5, 5.41) is 0. The average molecular weight is 283 g/mol. The highest BCUT2D eigenvalue weighted by atomic mass is 16.2. The quantitative estimate of drug-likeness (QED) is 0.877. The van der Waals surface area contributed by atoms with Crippen molar-refractivity contribution in [2.45, 2.75) is 6.92 Å². The average Bonchev–Trinajstić information content (AvgIpc) is 2.48. The van der Waals surface area contributed by atoms with Gasteiger partial charge in [0.15, 0.2) is 0 Å². The first-order valence-electron chi connectivity index (χ1n) is 6.98. The van der Waals surface area contributed by atoms with Gasteiger partial charge in [-0.05, 0) is 37.3 Å². The number of carbonyl (C=O) groups is 1. The SMILES string of the molecule is CCN(c1ccccc1)c1cc(N)ccc1C(=O)N(C)C. The van der Waals surface area contributed by atoms with E-state index in [9.17, 15) is 4.79 Å². The monoisotopic (exact) mass is 283 g/mol. The molecule has 2 aromatic carbocycles. The van der Waals surface area contributed by atoms with E-state index in [-0.39, 0.29) is 5.91 Å². The molecule has 4 nitrogen and oxygen atoms in total. The van der Waals surface area contributed by atoms with Crippen LogP contribution in [-0.2, 0) is 0 Å². The van der Waals surface area contributed by atoms with Crippen LogP contribution in [0.5, 0.6) is 0 Å². The Labute approximate surface area is 125 Å². The molecule has 110 valence electrons. The Morgan fingerprint density at radius 2 is 1.76 bits per heavy atom. The lowest BCUT2D eigenvalue weighted by Gasteiger charge is -2.26. The summed E-state index contributed by atoms with van der Waals surface area (Å²) < 4.78 is 0. The summed E-state index contributed by atoms with van der Waals surface area (Å²) in [5.41, 5.74) is 9.10. The van der Waals surface area contributed by atoms with Crippen molar-refractivity contribution in [2.24, 2.45) is 0 Å². The van der Waals surface area contributed by atoms with Gasteiger partial charge in [-0.2, -0.15) is 0 Å². The van der Waals surface area contributed by atoms with E-state index in [1.165, 1.54) is 0 Å². The predicted octanol–water partition coefficient (Wildman–Crippen LogP) is 3.13. The molecule has 0 atom stereocenters. The minimum atomic E-state index is -0.0284. The number of amides is 1. The van der Waals surface area contributed by atoms with Crippen molar-refractivity contribution in [1.82, 2.24) is 4.90 Å². The van der Waals surface area contributed by atoms with Crippen LogP contribution in [0.2, 0.25) is 0 Å². The van der Waals surface area contributed by atoms with Crippen molar-refractivity contribution in [3.8, 4) is 0 Å². The molecule has 0 radical (unpaired) electrons. The third kappa shape index (κ3) is 3.16. The van der Waals surface area contributed by atoms with Gasteiger partial charge in [0.25, 0.3) is 5.91 Å². The summed E-state index contributed by atoms with van der Waals surface area (Å²) in [6.45, 7) is 2.81. The highest BCUT2D eigenvalue weighted by Gasteiger charge is 2.18. The molecule has 0 saturated heterocycles. The van der Waals surface area contributed by atoms with Crippen molar-refractivity contribution in [3.05, 3.63) is 54.1 Å². The Bertz CT molecular complexity index is 623. The van der Waals surface area contributed by atoms with E-state index >= 15 is 0 Å². The van der Waals surface area contributed by atoms with Crippen molar-refractivity contribution in [2.75, 3.05) is 31.3 Å². The largest absolute Gasteiger partial charge is 0.399 e. The fraction of sp³-hybridized carbons (Fsp3) is 0.235. The van der Waals surface area contributed by atoms with Crippen LogP contribution < -0.4 is 10.6 Å². The predicted molar refractivity (Wildman–Crippen MR) is 88.0 cm³/mol. The number of nitrogens with two attached hydrogens (primary N) is 1. The Hall–Kier alpha value is -2.49. The van der Waals surface area contributed by atoms with Crippen LogP contribution in [0.3, 0.4) is 0 Å². The molecule has 0 spiro atoms. The van der Waals surface area contributed by atoms with Gasteiger partial charge < -0.3 is 15.5 Å². The Kier molecular flexibility index (Phi) is 4.48. The number of nitrogen functional groups attached to an aromatic ring is 1. The van der Waals surface area contributed by atoms with E-state index in [0.29, 0.717) is 11.3 Å². The van der Waals surface area contributed by atoms with Gasteiger partial charge in [-0.25, -0.2) is 0 Å². The van der Waals surface area contributed by atoms with Crippen LogP contribution in [0.1, 0.15) is 17.3 Å². The zero-order valence-corrected chi connectivity index (χ0v) is 12.7. The fourth-order valence-electron chi connectivity index (χ4n) is 2.29. The number of hydrogen-bond acceptors (Lipinski definition) is 3. The minimum absolute atomic E-state index is 0.0284. The molecule has 4 heteroatoms. The number of rotatable bonds is 4. The molecule has 21 heavy (non-hydrogen) atoms. The normalized spacial score (nSPS) is 10.2. The van der Waals surface area contributed by atoms with Gasteiger partial charge >= 0.3 is 0 Å². The maximum absolute atomic E-state index is 12.4. The third-order valence-corrected chi connectivity index (χ3v) is 3.33. The van der Waals surface area contributed by atoms with Gasteiger partial charge in [0.2, 0.25) is 0 Å².